The van der Waals surface area contributed by atoms with Crippen molar-refractivity contribution < 1.29 is 9.53 Å². The van der Waals surface area contributed by atoms with Gasteiger partial charge in [-0.15, -0.1) is 11.3 Å². The van der Waals surface area contributed by atoms with Crippen LogP contribution in [0.4, 0.5) is 5.69 Å². The Bertz CT molecular complexity index is 1190. The summed E-state index contributed by atoms with van der Waals surface area (Å²) in [7, 11) is 0. The molecule has 0 unspecified atom stereocenters. The van der Waals surface area contributed by atoms with E-state index in [4.69, 9.17) is 10.5 Å². The van der Waals surface area contributed by atoms with E-state index in [1.807, 2.05) is 23.8 Å². The topological polar surface area (TPSA) is 74.3 Å². The van der Waals surface area contributed by atoms with Crippen LogP contribution in [0.25, 0.3) is 15.9 Å². The first-order valence-corrected chi connectivity index (χ1v) is 10.1. The predicted molar refractivity (Wildman–Crippen MR) is 110 cm³/mol. The molecule has 0 saturated carbocycles. The first-order valence-electron chi connectivity index (χ1n) is 8.36. The lowest BCUT2D eigenvalue weighted by Gasteiger charge is -2.10. The van der Waals surface area contributed by atoms with Gasteiger partial charge in [0, 0.05) is 28.1 Å². The van der Waals surface area contributed by atoms with Gasteiger partial charge in [-0.05, 0) is 42.1 Å². The molecule has 0 aliphatic carbocycles. The fraction of sp³-hybridized carbons (Fsp3) is 0.100. The second kappa shape index (κ2) is 7.02. The molecule has 1 aromatic carbocycles. The number of benzene rings is 1. The summed E-state index contributed by atoms with van der Waals surface area (Å²) in [6.45, 7) is 1.96. The van der Waals surface area contributed by atoms with Crippen molar-refractivity contribution in [3.8, 4) is 11.4 Å². The van der Waals surface area contributed by atoms with Gasteiger partial charge in [0.25, 0.3) is 5.56 Å². The average Bonchev–Trinajstić information content (AvgIpc) is 3.31. The van der Waals surface area contributed by atoms with Crippen LogP contribution in [0, 0.1) is 0 Å². The molecule has 0 radical (unpaired) electrons. The van der Waals surface area contributed by atoms with Gasteiger partial charge in [-0.25, -0.2) is 4.79 Å². The summed E-state index contributed by atoms with van der Waals surface area (Å²) in [4.78, 5) is 26.2. The lowest BCUT2D eigenvalue weighted by Crippen LogP contribution is -2.15. The Hall–Kier alpha value is -2.90. The maximum absolute atomic E-state index is 12.7. The predicted octanol–water partition coefficient (Wildman–Crippen LogP) is 4.48. The van der Waals surface area contributed by atoms with Crippen LogP contribution < -0.4 is 16.0 Å². The molecule has 0 aliphatic rings. The number of hydrogen-bond donors (Lipinski definition) is 1. The number of rotatable bonds is 4. The molecule has 0 atom stereocenters. The third kappa shape index (κ3) is 3.15. The summed E-state index contributed by atoms with van der Waals surface area (Å²) in [5.41, 5.74) is 8.04. The Morgan fingerprint density at radius 2 is 2.07 bits per heavy atom. The first-order chi connectivity index (χ1) is 13.1. The summed E-state index contributed by atoms with van der Waals surface area (Å²) in [5, 5.41) is 4.63. The molecule has 0 saturated heterocycles. The highest BCUT2D eigenvalue weighted by Gasteiger charge is 2.18. The lowest BCUT2D eigenvalue weighted by atomic mass is 10.1. The van der Waals surface area contributed by atoms with Crippen molar-refractivity contribution in [1.29, 1.82) is 0 Å². The standard InChI is InChI=1S/C20H16N2O3S2/c1-2-14-15(21)4-3-5-16(14)25-20(24)17-10-12-6-7-18(23)22(19(12)27-17)13-8-9-26-11-13/h3-11H,2,21H2,1H3. The largest absolute Gasteiger partial charge is 0.422 e. The van der Waals surface area contributed by atoms with Crippen LogP contribution in [0.15, 0.2) is 58.0 Å². The fourth-order valence-corrected chi connectivity index (χ4v) is 4.63. The van der Waals surface area contributed by atoms with Gasteiger partial charge in [0.15, 0.2) is 0 Å². The van der Waals surface area contributed by atoms with Crippen LogP contribution in [0.2, 0.25) is 0 Å². The van der Waals surface area contributed by atoms with Crippen molar-refractivity contribution in [2.24, 2.45) is 0 Å². The molecule has 3 aromatic heterocycles. The third-order valence-electron chi connectivity index (χ3n) is 4.26. The Balaban J connectivity index is 1.75. The monoisotopic (exact) mass is 396 g/mol. The minimum absolute atomic E-state index is 0.133. The number of pyridine rings is 1. The third-order valence-corrected chi connectivity index (χ3v) is 6.05. The number of carbonyl (C=O) groups excluding carboxylic acids is 1. The van der Waals surface area contributed by atoms with Crippen molar-refractivity contribution in [1.82, 2.24) is 4.57 Å². The molecule has 0 amide bonds. The van der Waals surface area contributed by atoms with E-state index in [9.17, 15) is 9.59 Å². The van der Waals surface area contributed by atoms with Gasteiger partial charge in [0.05, 0.1) is 5.69 Å². The molecule has 4 aromatic rings. The molecular formula is C20H16N2O3S2. The van der Waals surface area contributed by atoms with Gasteiger partial charge in [0.2, 0.25) is 0 Å². The minimum Gasteiger partial charge on any atom is -0.422 e. The van der Waals surface area contributed by atoms with Gasteiger partial charge < -0.3 is 10.5 Å². The van der Waals surface area contributed by atoms with Crippen molar-refractivity contribution in [3.05, 3.63) is 74.0 Å². The molecule has 27 heavy (non-hydrogen) atoms. The number of aromatic nitrogens is 1. The summed E-state index contributed by atoms with van der Waals surface area (Å²) in [6, 6.07) is 12.2. The molecule has 0 fully saturated rings. The second-order valence-corrected chi connectivity index (χ2v) is 7.74. The minimum atomic E-state index is -0.458. The van der Waals surface area contributed by atoms with Crippen molar-refractivity contribution >= 4 is 44.5 Å². The number of nitrogens with zero attached hydrogens (tertiary/aromatic N) is 1. The first kappa shape index (κ1) is 17.5. The normalized spacial score (nSPS) is 11.0. The van der Waals surface area contributed by atoms with Crippen LogP contribution in [-0.4, -0.2) is 10.5 Å². The van der Waals surface area contributed by atoms with Crippen molar-refractivity contribution in [2.45, 2.75) is 13.3 Å². The lowest BCUT2D eigenvalue weighted by molar-refractivity contribution is 0.0738. The van der Waals surface area contributed by atoms with Crippen LogP contribution in [0.1, 0.15) is 22.2 Å². The molecule has 2 N–H and O–H groups in total. The molecule has 0 spiro atoms. The van der Waals surface area contributed by atoms with Gasteiger partial charge in [-0.2, -0.15) is 11.3 Å². The van der Waals surface area contributed by atoms with Crippen LogP contribution >= 0.6 is 22.7 Å². The van der Waals surface area contributed by atoms with E-state index in [1.165, 1.54) is 28.7 Å². The number of carbonyl (C=O) groups is 1. The Morgan fingerprint density at radius 1 is 1.22 bits per heavy atom. The Morgan fingerprint density at radius 3 is 2.81 bits per heavy atom. The molecule has 3 heterocycles. The maximum Gasteiger partial charge on any atom is 0.353 e. The second-order valence-electron chi connectivity index (χ2n) is 5.93. The number of nitrogens with two attached hydrogens (primary N) is 1. The highest BCUT2D eigenvalue weighted by Crippen LogP contribution is 2.30. The highest BCUT2D eigenvalue weighted by molar-refractivity contribution is 7.20. The number of anilines is 1. The van der Waals surface area contributed by atoms with E-state index in [2.05, 4.69) is 0 Å². The molecule has 7 heteroatoms. The van der Waals surface area contributed by atoms with E-state index < -0.39 is 5.97 Å². The molecule has 4 rings (SSSR count). The number of thiophene rings is 2. The molecular weight excluding hydrogens is 380 g/mol. The van der Waals surface area contributed by atoms with Gasteiger partial charge >= 0.3 is 5.97 Å². The quantitative estimate of drug-likeness (QED) is 0.314. The van der Waals surface area contributed by atoms with E-state index in [0.717, 1.165) is 21.5 Å². The highest BCUT2D eigenvalue weighted by atomic mass is 32.1. The number of esters is 1. The van der Waals surface area contributed by atoms with Crippen LogP contribution in [-0.2, 0) is 6.42 Å². The maximum atomic E-state index is 12.7. The zero-order valence-corrected chi connectivity index (χ0v) is 16.1. The number of ether oxygens (including phenoxy) is 1. The zero-order valence-electron chi connectivity index (χ0n) is 14.5. The molecule has 5 nitrogen and oxygen atoms in total. The molecule has 0 aliphatic heterocycles. The molecule has 0 bridgehead atoms. The summed E-state index contributed by atoms with van der Waals surface area (Å²) in [5.74, 6) is 0.0102. The average molecular weight is 396 g/mol. The van der Waals surface area contributed by atoms with E-state index >= 15 is 0 Å². The van der Waals surface area contributed by atoms with Gasteiger partial charge in [0.1, 0.15) is 15.5 Å². The number of hydrogen-bond acceptors (Lipinski definition) is 6. The van der Waals surface area contributed by atoms with E-state index in [-0.39, 0.29) is 5.56 Å². The van der Waals surface area contributed by atoms with Crippen molar-refractivity contribution in [2.75, 3.05) is 5.73 Å². The SMILES string of the molecule is CCc1c(N)cccc1OC(=O)c1cc2ccc(=O)n(-c3ccsc3)c2s1. The number of fused-ring (bicyclic) bond motifs is 1. The Labute approximate surface area is 163 Å². The van der Waals surface area contributed by atoms with Crippen LogP contribution in [0.5, 0.6) is 5.75 Å². The molecule has 136 valence electrons. The van der Waals surface area contributed by atoms with Gasteiger partial charge in [-0.1, -0.05) is 13.0 Å². The summed E-state index contributed by atoms with van der Waals surface area (Å²) < 4.78 is 7.22. The smallest absolute Gasteiger partial charge is 0.353 e. The van der Waals surface area contributed by atoms with Crippen LogP contribution in [0.3, 0.4) is 0 Å². The summed E-state index contributed by atoms with van der Waals surface area (Å²) in [6.07, 6.45) is 0.666. The van der Waals surface area contributed by atoms with E-state index in [1.54, 1.807) is 34.9 Å². The summed E-state index contributed by atoms with van der Waals surface area (Å²) >= 11 is 2.76. The van der Waals surface area contributed by atoms with E-state index in [0.29, 0.717) is 22.7 Å². The Kier molecular flexibility index (Phi) is 4.55. The fourth-order valence-electron chi connectivity index (χ4n) is 2.96. The van der Waals surface area contributed by atoms with Crippen molar-refractivity contribution in [3.63, 3.8) is 0 Å². The number of nitrogen functional groups attached to an aromatic ring is 1. The van der Waals surface area contributed by atoms with Gasteiger partial charge in [-0.3, -0.25) is 9.36 Å². The zero-order chi connectivity index (χ0) is 19.0.